The molecule has 19 heavy (non-hydrogen) atoms. The standard InChI is InChI=1S/C14H20N2O3/c1-8(2)16-13(17)10(4)19-14(18)11-5-9(3)6-12(15)7-11/h5-8,10H,15H2,1-4H3,(H,16,17). The minimum atomic E-state index is -0.836. The Labute approximate surface area is 113 Å². The number of hydrogen-bond acceptors (Lipinski definition) is 4. The number of nitrogen functional groups attached to an aromatic ring is 1. The van der Waals surface area contributed by atoms with Gasteiger partial charge in [0.25, 0.3) is 5.91 Å². The third kappa shape index (κ3) is 4.62. The zero-order chi connectivity index (χ0) is 14.6. The molecule has 3 N–H and O–H groups in total. The summed E-state index contributed by atoms with van der Waals surface area (Å²) in [7, 11) is 0. The molecule has 0 saturated carbocycles. The van der Waals surface area contributed by atoms with E-state index in [1.807, 2.05) is 20.8 Å². The van der Waals surface area contributed by atoms with Crippen LogP contribution in [0.3, 0.4) is 0 Å². The Morgan fingerprint density at radius 1 is 1.21 bits per heavy atom. The van der Waals surface area contributed by atoms with Gasteiger partial charge in [0, 0.05) is 11.7 Å². The number of carbonyl (C=O) groups excluding carboxylic acids is 2. The number of ether oxygens (including phenoxy) is 1. The molecule has 1 unspecified atom stereocenters. The van der Waals surface area contributed by atoms with Gasteiger partial charge in [0.05, 0.1) is 5.56 Å². The number of nitrogens with two attached hydrogens (primary N) is 1. The lowest BCUT2D eigenvalue weighted by Gasteiger charge is -2.15. The van der Waals surface area contributed by atoms with Crippen LogP contribution < -0.4 is 11.1 Å². The molecule has 0 spiro atoms. The third-order valence-electron chi connectivity index (χ3n) is 2.42. The Hall–Kier alpha value is -2.04. The van der Waals surface area contributed by atoms with E-state index in [9.17, 15) is 9.59 Å². The summed E-state index contributed by atoms with van der Waals surface area (Å²) in [6.45, 7) is 7.05. The van der Waals surface area contributed by atoms with Gasteiger partial charge >= 0.3 is 5.97 Å². The summed E-state index contributed by atoms with van der Waals surface area (Å²) in [6.07, 6.45) is -0.836. The van der Waals surface area contributed by atoms with Crippen LogP contribution in [-0.4, -0.2) is 24.0 Å². The van der Waals surface area contributed by atoms with Gasteiger partial charge in [-0.05, 0) is 51.5 Å². The Morgan fingerprint density at radius 3 is 2.37 bits per heavy atom. The zero-order valence-electron chi connectivity index (χ0n) is 11.7. The average molecular weight is 264 g/mol. The summed E-state index contributed by atoms with van der Waals surface area (Å²) in [5, 5.41) is 2.68. The zero-order valence-corrected chi connectivity index (χ0v) is 11.7. The first-order valence-corrected chi connectivity index (χ1v) is 6.18. The maximum absolute atomic E-state index is 11.9. The molecule has 0 radical (unpaired) electrons. The lowest BCUT2D eigenvalue weighted by molar-refractivity contribution is -0.129. The topological polar surface area (TPSA) is 81.4 Å². The number of anilines is 1. The third-order valence-corrected chi connectivity index (χ3v) is 2.42. The Balaban J connectivity index is 2.71. The number of nitrogens with one attached hydrogen (secondary N) is 1. The highest BCUT2D eigenvalue weighted by molar-refractivity contribution is 5.93. The smallest absolute Gasteiger partial charge is 0.338 e. The van der Waals surface area contributed by atoms with Crippen molar-refractivity contribution in [3.8, 4) is 0 Å². The molecule has 1 rings (SSSR count). The first kappa shape index (κ1) is 15.0. The maximum Gasteiger partial charge on any atom is 0.338 e. The van der Waals surface area contributed by atoms with Crippen LogP contribution in [0.25, 0.3) is 0 Å². The molecule has 104 valence electrons. The lowest BCUT2D eigenvalue weighted by Crippen LogP contribution is -2.39. The first-order chi connectivity index (χ1) is 8.79. The van der Waals surface area contributed by atoms with Crippen molar-refractivity contribution in [2.75, 3.05) is 5.73 Å². The van der Waals surface area contributed by atoms with Gasteiger partial charge < -0.3 is 15.8 Å². The molecule has 1 atom stereocenters. The number of esters is 1. The SMILES string of the molecule is Cc1cc(N)cc(C(=O)OC(C)C(=O)NC(C)C)c1. The Morgan fingerprint density at radius 2 is 1.84 bits per heavy atom. The predicted molar refractivity (Wildman–Crippen MR) is 73.7 cm³/mol. The van der Waals surface area contributed by atoms with Gasteiger partial charge in [-0.1, -0.05) is 0 Å². The molecule has 0 aliphatic heterocycles. The summed E-state index contributed by atoms with van der Waals surface area (Å²) < 4.78 is 5.10. The van der Waals surface area contributed by atoms with Crippen LogP contribution in [0.1, 0.15) is 36.7 Å². The second-order valence-electron chi connectivity index (χ2n) is 4.84. The molecule has 0 heterocycles. The summed E-state index contributed by atoms with van der Waals surface area (Å²) in [5.41, 5.74) is 7.37. The van der Waals surface area contributed by atoms with Crippen molar-refractivity contribution in [1.82, 2.24) is 5.32 Å². The fourth-order valence-electron chi connectivity index (χ4n) is 1.61. The van der Waals surface area contributed by atoms with Gasteiger partial charge in [0.2, 0.25) is 0 Å². The van der Waals surface area contributed by atoms with Crippen molar-refractivity contribution in [3.63, 3.8) is 0 Å². The predicted octanol–water partition coefficient (Wildman–Crippen LogP) is 1.65. The van der Waals surface area contributed by atoms with E-state index >= 15 is 0 Å². The lowest BCUT2D eigenvalue weighted by atomic mass is 10.1. The van der Waals surface area contributed by atoms with E-state index in [1.165, 1.54) is 13.0 Å². The maximum atomic E-state index is 11.9. The van der Waals surface area contributed by atoms with Crippen LogP contribution >= 0.6 is 0 Å². The molecule has 0 fully saturated rings. The second kappa shape index (κ2) is 6.22. The second-order valence-corrected chi connectivity index (χ2v) is 4.84. The van der Waals surface area contributed by atoms with Crippen LogP contribution in [-0.2, 0) is 9.53 Å². The van der Waals surface area contributed by atoms with Crippen LogP contribution in [0.5, 0.6) is 0 Å². The van der Waals surface area contributed by atoms with E-state index in [0.717, 1.165) is 5.56 Å². The summed E-state index contributed by atoms with van der Waals surface area (Å²) in [6, 6.07) is 4.96. The number of amides is 1. The fraction of sp³-hybridized carbons (Fsp3) is 0.429. The van der Waals surface area contributed by atoms with E-state index in [1.54, 1.807) is 12.1 Å². The quantitative estimate of drug-likeness (QED) is 0.640. The van der Waals surface area contributed by atoms with Crippen LogP contribution in [0, 0.1) is 6.92 Å². The molecule has 1 aromatic carbocycles. The van der Waals surface area contributed by atoms with Crippen molar-refractivity contribution >= 4 is 17.6 Å². The monoisotopic (exact) mass is 264 g/mol. The summed E-state index contributed by atoms with van der Waals surface area (Å²) in [4.78, 5) is 23.5. The number of benzene rings is 1. The minimum Gasteiger partial charge on any atom is -0.449 e. The van der Waals surface area contributed by atoms with Gasteiger partial charge in [0.15, 0.2) is 6.10 Å². The largest absolute Gasteiger partial charge is 0.449 e. The fourth-order valence-corrected chi connectivity index (χ4v) is 1.61. The molecule has 0 bridgehead atoms. The van der Waals surface area contributed by atoms with Crippen molar-refractivity contribution < 1.29 is 14.3 Å². The van der Waals surface area contributed by atoms with Crippen molar-refractivity contribution in [2.45, 2.75) is 39.8 Å². The molecule has 5 nitrogen and oxygen atoms in total. The van der Waals surface area contributed by atoms with E-state index < -0.39 is 12.1 Å². The average Bonchev–Trinajstić information content (AvgIpc) is 2.26. The summed E-state index contributed by atoms with van der Waals surface area (Å²) in [5.74, 6) is -0.870. The molecule has 0 aromatic heterocycles. The van der Waals surface area contributed by atoms with Gasteiger partial charge in [-0.15, -0.1) is 0 Å². The molecular weight excluding hydrogens is 244 g/mol. The van der Waals surface area contributed by atoms with E-state index in [4.69, 9.17) is 10.5 Å². The molecule has 0 aliphatic rings. The number of aryl methyl sites for hydroxylation is 1. The first-order valence-electron chi connectivity index (χ1n) is 6.18. The normalized spacial score (nSPS) is 12.1. The molecule has 5 heteroatoms. The molecular formula is C14H20N2O3. The van der Waals surface area contributed by atoms with E-state index in [0.29, 0.717) is 11.3 Å². The number of carbonyl (C=O) groups is 2. The van der Waals surface area contributed by atoms with E-state index in [-0.39, 0.29) is 11.9 Å². The van der Waals surface area contributed by atoms with Crippen LogP contribution in [0.4, 0.5) is 5.69 Å². The van der Waals surface area contributed by atoms with Crippen molar-refractivity contribution in [3.05, 3.63) is 29.3 Å². The van der Waals surface area contributed by atoms with Gasteiger partial charge in [-0.2, -0.15) is 0 Å². The molecule has 0 saturated heterocycles. The summed E-state index contributed by atoms with van der Waals surface area (Å²) >= 11 is 0. The van der Waals surface area contributed by atoms with Crippen LogP contribution in [0.15, 0.2) is 18.2 Å². The van der Waals surface area contributed by atoms with Gasteiger partial charge in [0.1, 0.15) is 0 Å². The number of rotatable bonds is 4. The highest BCUT2D eigenvalue weighted by atomic mass is 16.5. The van der Waals surface area contributed by atoms with Crippen LogP contribution in [0.2, 0.25) is 0 Å². The Bertz CT molecular complexity index is 463. The minimum absolute atomic E-state index is 0.00302. The highest BCUT2D eigenvalue weighted by Gasteiger charge is 2.19. The molecule has 1 aromatic rings. The number of hydrogen-bond donors (Lipinski definition) is 2. The van der Waals surface area contributed by atoms with Gasteiger partial charge in [-0.3, -0.25) is 4.79 Å². The highest BCUT2D eigenvalue weighted by Crippen LogP contribution is 2.13. The Kier molecular flexibility index (Phi) is 4.92. The van der Waals surface area contributed by atoms with Crippen molar-refractivity contribution in [1.29, 1.82) is 0 Å². The van der Waals surface area contributed by atoms with Crippen molar-refractivity contribution in [2.24, 2.45) is 0 Å². The molecule has 1 amide bonds. The van der Waals surface area contributed by atoms with E-state index in [2.05, 4.69) is 5.32 Å². The molecule has 0 aliphatic carbocycles. The van der Waals surface area contributed by atoms with Gasteiger partial charge in [-0.25, -0.2) is 4.79 Å².